The molecule has 3 nitrogen and oxygen atoms in total. The summed E-state index contributed by atoms with van der Waals surface area (Å²) in [6.45, 7) is 0. The lowest BCUT2D eigenvalue weighted by atomic mass is 10.2. The van der Waals surface area contributed by atoms with E-state index in [2.05, 4.69) is 0 Å². The SMILES string of the molecule is N#Cc1cccc(ON(Cl)Cl)c1. The Hall–Kier alpha value is -0.950. The molecule has 1 rings (SSSR count). The van der Waals surface area contributed by atoms with Crippen molar-refractivity contribution in [2.45, 2.75) is 0 Å². The average molecular weight is 203 g/mol. The first kappa shape index (κ1) is 9.14. The lowest BCUT2D eigenvalue weighted by Gasteiger charge is -2.05. The first-order valence-electron chi connectivity index (χ1n) is 3.02. The topological polar surface area (TPSA) is 36.3 Å². The number of hydrogen-bond acceptors (Lipinski definition) is 3. The number of rotatable bonds is 2. The molecule has 0 saturated heterocycles. The van der Waals surface area contributed by atoms with E-state index in [0.717, 1.165) is 0 Å². The van der Waals surface area contributed by atoms with Crippen molar-refractivity contribution in [2.75, 3.05) is 0 Å². The van der Waals surface area contributed by atoms with Crippen molar-refractivity contribution in [2.24, 2.45) is 0 Å². The molecule has 0 aromatic heterocycles. The van der Waals surface area contributed by atoms with E-state index >= 15 is 0 Å². The molecule has 12 heavy (non-hydrogen) atoms. The molecule has 0 aliphatic rings. The van der Waals surface area contributed by atoms with Crippen molar-refractivity contribution in [1.82, 2.24) is 4.10 Å². The zero-order chi connectivity index (χ0) is 8.97. The molecular weight excluding hydrogens is 199 g/mol. The van der Waals surface area contributed by atoms with Gasteiger partial charge in [0.2, 0.25) is 0 Å². The predicted octanol–water partition coefficient (Wildman–Crippen LogP) is 2.46. The van der Waals surface area contributed by atoms with Crippen molar-refractivity contribution < 1.29 is 4.84 Å². The smallest absolute Gasteiger partial charge is 0.152 e. The Bertz CT molecular complexity index is 309. The van der Waals surface area contributed by atoms with Gasteiger partial charge in [0.15, 0.2) is 5.75 Å². The molecule has 0 atom stereocenters. The maximum atomic E-state index is 8.51. The molecule has 0 heterocycles. The Morgan fingerprint density at radius 2 is 2.17 bits per heavy atom. The zero-order valence-electron chi connectivity index (χ0n) is 5.87. The summed E-state index contributed by atoms with van der Waals surface area (Å²) in [5.41, 5.74) is 0.489. The molecule has 0 saturated carbocycles. The highest BCUT2D eigenvalue weighted by Crippen LogP contribution is 2.15. The molecule has 0 spiro atoms. The molecule has 62 valence electrons. The Morgan fingerprint density at radius 1 is 1.42 bits per heavy atom. The Kier molecular flexibility index (Phi) is 3.18. The van der Waals surface area contributed by atoms with Gasteiger partial charge in [-0.3, -0.25) is 0 Å². The maximum absolute atomic E-state index is 8.51. The first-order valence-corrected chi connectivity index (χ1v) is 3.70. The minimum absolute atomic E-state index is 0.416. The van der Waals surface area contributed by atoms with Crippen LogP contribution in [0.15, 0.2) is 24.3 Å². The summed E-state index contributed by atoms with van der Waals surface area (Å²) >= 11 is 10.4. The first-order chi connectivity index (χ1) is 5.72. The standard InChI is InChI=1S/C7H4Cl2N2O/c8-11(9)12-7-3-1-2-6(4-7)5-10/h1-4H. The van der Waals surface area contributed by atoms with Gasteiger partial charge in [0, 0.05) is 33.7 Å². The van der Waals surface area contributed by atoms with Crippen LogP contribution in [-0.2, 0) is 0 Å². The van der Waals surface area contributed by atoms with Crippen LogP contribution < -0.4 is 4.84 Å². The van der Waals surface area contributed by atoms with Gasteiger partial charge in [-0.15, -0.1) is 0 Å². The van der Waals surface area contributed by atoms with Crippen LogP contribution in [0.2, 0.25) is 0 Å². The summed E-state index contributed by atoms with van der Waals surface area (Å²) in [4.78, 5) is 4.77. The second kappa shape index (κ2) is 4.17. The molecule has 1 aromatic carbocycles. The van der Waals surface area contributed by atoms with Gasteiger partial charge in [0.25, 0.3) is 0 Å². The maximum Gasteiger partial charge on any atom is 0.152 e. The normalized spacial score (nSPS) is 9.50. The molecule has 0 aliphatic carbocycles. The lowest BCUT2D eigenvalue weighted by Crippen LogP contribution is -2.02. The summed E-state index contributed by atoms with van der Waals surface area (Å²) in [5.74, 6) is 0.416. The average Bonchev–Trinajstić information content (AvgIpc) is 2.03. The third-order valence-corrected chi connectivity index (χ3v) is 1.28. The number of hydrogen-bond donors (Lipinski definition) is 0. The molecule has 0 fully saturated rings. The van der Waals surface area contributed by atoms with Gasteiger partial charge in [-0.1, -0.05) is 6.07 Å². The van der Waals surface area contributed by atoms with E-state index in [9.17, 15) is 0 Å². The third-order valence-electron chi connectivity index (χ3n) is 1.14. The fourth-order valence-electron chi connectivity index (χ4n) is 0.702. The molecule has 0 N–H and O–H groups in total. The highest BCUT2D eigenvalue weighted by molar-refractivity contribution is 6.32. The van der Waals surface area contributed by atoms with Gasteiger partial charge >= 0.3 is 0 Å². The number of nitrogens with zero attached hydrogens (tertiary/aromatic N) is 2. The Labute approximate surface area is 79.8 Å². The summed E-state index contributed by atoms with van der Waals surface area (Å²) in [5, 5.41) is 8.51. The lowest BCUT2D eigenvalue weighted by molar-refractivity contribution is 0.137. The fourth-order valence-corrected chi connectivity index (χ4v) is 0.861. The van der Waals surface area contributed by atoms with E-state index in [1.165, 1.54) is 6.07 Å². The summed E-state index contributed by atoms with van der Waals surface area (Å²) in [6.07, 6.45) is 0. The highest BCUT2D eigenvalue weighted by atomic mass is 35.5. The molecular formula is C7H4Cl2N2O. The molecule has 0 bridgehead atoms. The molecule has 0 amide bonds. The van der Waals surface area contributed by atoms with Gasteiger partial charge in [-0.05, 0) is 12.1 Å². The second-order valence-electron chi connectivity index (χ2n) is 1.93. The monoisotopic (exact) mass is 202 g/mol. The summed E-state index contributed by atoms with van der Waals surface area (Å²) in [7, 11) is 0. The fraction of sp³-hybridized carbons (Fsp3) is 0. The van der Waals surface area contributed by atoms with Crippen LogP contribution in [0.5, 0.6) is 5.75 Å². The van der Waals surface area contributed by atoms with Crippen LogP contribution in [0.4, 0.5) is 0 Å². The van der Waals surface area contributed by atoms with E-state index in [1.807, 2.05) is 6.07 Å². The van der Waals surface area contributed by atoms with Crippen LogP contribution in [0, 0.1) is 11.3 Å². The quantitative estimate of drug-likeness (QED) is 0.547. The molecule has 0 unspecified atom stereocenters. The van der Waals surface area contributed by atoms with E-state index in [-0.39, 0.29) is 0 Å². The van der Waals surface area contributed by atoms with Gasteiger partial charge in [-0.25, -0.2) is 0 Å². The molecule has 0 aliphatic heterocycles. The van der Waals surface area contributed by atoms with Gasteiger partial charge in [-0.2, -0.15) is 5.26 Å². The van der Waals surface area contributed by atoms with Crippen LogP contribution in [0.1, 0.15) is 5.56 Å². The minimum Gasteiger partial charge on any atom is -0.374 e. The molecule has 5 heteroatoms. The van der Waals surface area contributed by atoms with Crippen LogP contribution in [0.3, 0.4) is 0 Å². The van der Waals surface area contributed by atoms with Crippen LogP contribution in [0.25, 0.3) is 0 Å². The van der Waals surface area contributed by atoms with Crippen molar-refractivity contribution in [3.05, 3.63) is 29.8 Å². The van der Waals surface area contributed by atoms with Gasteiger partial charge in [0.1, 0.15) is 0 Å². The number of benzene rings is 1. The van der Waals surface area contributed by atoms with Gasteiger partial charge in [0.05, 0.1) is 11.6 Å². The largest absolute Gasteiger partial charge is 0.374 e. The van der Waals surface area contributed by atoms with Crippen molar-refractivity contribution >= 4 is 23.6 Å². The van der Waals surface area contributed by atoms with E-state index < -0.39 is 0 Å². The number of halogens is 2. The molecule has 1 aromatic rings. The van der Waals surface area contributed by atoms with Crippen LogP contribution >= 0.6 is 23.6 Å². The van der Waals surface area contributed by atoms with E-state index in [1.54, 1.807) is 18.2 Å². The Morgan fingerprint density at radius 3 is 2.75 bits per heavy atom. The highest BCUT2D eigenvalue weighted by Gasteiger charge is 1.99. The second-order valence-corrected chi connectivity index (χ2v) is 2.72. The van der Waals surface area contributed by atoms with Crippen molar-refractivity contribution in [3.8, 4) is 11.8 Å². The summed E-state index contributed by atoms with van der Waals surface area (Å²) < 4.78 is 0.524. The van der Waals surface area contributed by atoms with E-state index in [4.69, 9.17) is 33.7 Å². The van der Waals surface area contributed by atoms with Crippen LogP contribution in [-0.4, -0.2) is 4.10 Å². The predicted molar refractivity (Wildman–Crippen MR) is 45.3 cm³/mol. The molecule has 0 radical (unpaired) electrons. The van der Waals surface area contributed by atoms with Crippen molar-refractivity contribution in [3.63, 3.8) is 0 Å². The zero-order valence-corrected chi connectivity index (χ0v) is 7.38. The minimum atomic E-state index is 0.416. The third kappa shape index (κ3) is 2.59. The summed E-state index contributed by atoms with van der Waals surface area (Å²) in [6, 6.07) is 8.44. The van der Waals surface area contributed by atoms with Gasteiger partial charge < -0.3 is 4.84 Å². The Balaban J connectivity index is 2.81. The number of nitriles is 1. The van der Waals surface area contributed by atoms with Crippen molar-refractivity contribution in [1.29, 1.82) is 5.26 Å². The van der Waals surface area contributed by atoms with E-state index in [0.29, 0.717) is 15.4 Å².